The lowest BCUT2D eigenvalue weighted by Gasteiger charge is -2.60. The predicted octanol–water partition coefficient (Wildman–Crippen LogP) is 1.68. The molecule has 0 aromatic carbocycles. The van der Waals surface area contributed by atoms with Gasteiger partial charge in [0, 0.05) is 407 Å². The molecule has 0 aliphatic heterocycles. The minimum absolute atomic E-state index is 0.0697. The molecule has 4 rings (SSSR count). The van der Waals surface area contributed by atoms with Crippen molar-refractivity contribution < 1.29 is 24.9 Å². The molecule has 70 heavy (non-hydrogen) atoms. The number of carbonyl (C=O) groups is 2. The van der Waals surface area contributed by atoms with Crippen molar-refractivity contribution in [2.75, 3.05) is 6.61 Å². The Hall–Kier alpha value is 8.64. The van der Waals surface area contributed by atoms with E-state index in [0.717, 1.165) is 25.7 Å². The smallest absolute Gasteiger partial charge is 0.190 e. The summed E-state index contributed by atoms with van der Waals surface area (Å²) in [7, 11) is 74.7. The van der Waals surface area contributed by atoms with E-state index in [0.29, 0.717) is 19.3 Å². The molecule has 0 unspecified atom stereocenters. The van der Waals surface area contributed by atoms with Gasteiger partial charge in [-0.25, -0.2) is 0 Å². The number of rotatable bonds is 2. The van der Waals surface area contributed by atoms with Gasteiger partial charge in [0.2, 0.25) is 0 Å². The first kappa shape index (κ1) is 72.9. The third-order valence-electron chi connectivity index (χ3n) is 9.79. The van der Waals surface area contributed by atoms with Gasteiger partial charge < -0.3 is 15.3 Å². The first-order valence-corrected chi connectivity index (χ1v) is 74.5. The summed E-state index contributed by atoms with van der Waals surface area (Å²) in [5.41, 5.74) is -1.23. The highest BCUT2D eigenvalue weighted by Gasteiger charge is 2.68. The summed E-state index contributed by atoms with van der Waals surface area (Å²) in [6, 6.07) is 0. The zero-order valence-corrected chi connectivity index (χ0v) is 69.6. The van der Waals surface area contributed by atoms with Crippen molar-refractivity contribution in [1.29, 1.82) is 0 Å². The van der Waals surface area contributed by atoms with Crippen molar-refractivity contribution in [3.8, 4) is 0 Å². The van der Waals surface area contributed by atoms with Crippen LogP contribution in [0, 0.1) is 28.6 Å². The second kappa shape index (κ2) is 46.9. The summed E-state index contributed by atoms with van der Waals surface area (Å²) in [6.45, 7) is 3.46. The fourth-order valence-corrected chi connectivity index (χ4v) is 118. The molecule has 0 heterocycles. The van der Waals surface area contributed by atoms with Crippen LogP contribution in [0.4, 0.5) is 0 Å². The molecule has 49 heteroatoms. The van der Waals surface area contributed by atoms with Crippen molar-refractivity contribution in [2.45, 2.75) is 70.5 Å². The molecule has 0 amide bonds. The number of ketones is 2. The molecule has 5 nitrogen and oxygen atoms in total. The Bertz CT molecular complexity index is 3870. The number of aliphatic hydroxyl groups excluding tert-OH is 2. The van der Waals surface area contributed by atoms with Gasteiger partial charge in [0.15, 0.2) is 11.6 Å². The zero-order valence-electron chi connectivity index (χ0n) is 33.7. The van der Waals surface area contributed by atoms with Crippen LogP contribution in [0.3, 0.4) is 0 Å². The lowest BCUT2D eigenvalue weighted by atomic mass is 9.45. The number of hydrogen-bond acceptors (Lipinski definition) is 7. The quantitative estimate of drug-likeness (QED) is 0.388. The Morgan fingerprint density at radius 3 is 1.14 bits per heavy atom. The van der Waals surface area contributed by atoms with Crippen LogP contribution in [0.15, 0.2) is 11.6 Å². The third kappa shape index (κ3) is 29.2. The van der Waals surface area contributed by atoms with Crippen LogP contribution in [-0.2, 0) is 405 Å². The van der Waals surface area contributed by atoms with Crippen molar-refractivity contribution in [3.05, 3.63) is 11.6 Å². The van der Waals surface area contributed by atoms with E-state index in [-0.39, 0.29) is 29.0 Å². The molecular weight excluding hydrogens is 1740 g/mol. The lowest BCUT2D eigenvalue weighted by molar-refractivity contribution is -0.182. The fraction of sp³-hybridized carbons (Fsp3) is 0.810. The monoisotopic (exact) mass is 1770 g/mol. The highest BCUT2D eigenvalue weighted by Crippen LogP contribution is 2.67. The molecule has 0 saturated heterocycles. The van der Waals surface area contributed by atoms with E-state index >= 15 is 0 Å². The molecule has 7 atom stereocenters. The van der Waals surface area contributed by atoms with E-state index < -0.39 is 29.5 Å². The SMILES string of the molecule is C[C@]12CCC(=O)C=C1CC[C@@H]1[C@@H]2[C@@H](O)C[C@@]2(C)[C@H]1CC[C@]2(O)C(=O)CO.S=S=S=S=S=S=S=S=S=S=S=S=S=S=S=S=S=S=S=S=S=S=S=S=S=S=S=S=S=S=S=S=S=S=S=S=S=S=S=S=S=S=S=S. The van der Waals surface area contributed by atoms with Crippen LogP contribution >= 0.6 is 0 Å². The Morgan fingerprint density at radius 2 is 0.843 bits per heavy atom. The number of allylic oxidation sites excluding steroid dienone is 1. The van der Waals surface area contributed by atoms with E-state index in [1.807, 2.05) is 256 Å². The second-order valence-electron chi connectivity index (χ2n) is 12.4. The zero-order chi connectivity index (χ0) is 50.6. The van der Waals surface area contributed by atoms with Crippen molar-refractivity contribution in [1.82, 2.24) is 0 Å². The first-order valence-electron chi connectivity index (χ1n) is 17.1. The van der Waals surface area contributed by atoms with Gasteiger partial charge >= 0.3 is 0 Å². The second-order valence-corrected chi connectivity index (χ2v) is 86.7. The number of Topliss-reactive ketones (excluding diaryl/α,β-unsaturated/α-hetero) is 1. The molecule has 3 saturated carbocycles. The van der Waals surface area contributed by atoms with E-state index in [1.165, 1.54) is 23.3 Å². The van der Waals surface area contributed by atoms with Crippen LogP contribution < -0.4 is 0 Å². The molecule has 3 N–H and O–H groups in total. The lowest BCUT2D eigenvalue weighted by Crippen LogP contribution is -2.62. The van der Waals surface area contributed by atoms with Crippen LogP contribution in [0.5, 0.6) is 0 Å². The maximum absolute atomic E-state index is 12.4. The number of aliphatic hydroxyl groups is 3. The average molecular weight is 1770 g/mol. The summed E-state index contributed by atoms with van der Waals surface area (Å²) < 4.78 is 0. The highest BCUT2D eigenvalue weighted by atomic mass is 33.5. The van der Waals surface area contributed by atoms with Gasteiger partial charge in [-0.2, -0.15) is 0 Å². The van der Waals surface area contributed by atoms with Crippen LogP contribution in [0.2, 0.25) is 0 Å². The molecule has 3 fully saturated rings. The standard InChI is InChI=1S/C21H30O5.S44/c1-19-7-5-13(23)9-12(19)3-4-14-15-6-8-21(26,17(25)11-22)20(15,2)10-16(24)18(14)19;1-3-5-7-9-11-13-15-17-19-21-23-25-27-29-31-33-35-37-39-41-43-44-42-40-38-36-34-32-30-28-26-24-22-20-18-16-14-12-10-8-6-4-2/h9,14-16,18,22,24,26H,3-8,10-11H2,1-2H3;/t14-,15-,16-,18+,19-,20-,21-;/m0./s1. The normalized spacial score (nSPS) is 23.6. The molecule has 4 aliphatic carbocycles. The molecule has 0 aromatic heterocycles. The van der Waals surface area contributed by atoms with Gasteiger partial charge in [-0.1, -0.05) is 19.4 Å². The van der Waals surface area contributed by atoms with Gasteiger partial charge in [0.05, 0.1) is 6.10 Å². The molecule has 0 bridgehead atoms. The maximum atomic E-state index is 12.4. The number of carbonyl (C=O) groups excluding carboxylic acids is 2. The molecule has 4 aliphatic rings. The first-order chi connectivity index (χ1) is 34.1. The largest absolute Gasteiger partial charge is 0.393 e. The van der Waals surface area contributed by atoms with Crippen LogP contribution in [-0.4, -0.2) is 45.2 Å². The van der Waals surface area contributed by atoms with Crippen LogP contribution in [0.1, 0.15) is 58.8 Å². The van der Waals surface area contributed by atoms with Gasteiger partial charge in [0.1, 0.15) is 12.2 Å². The Labute approximate surface area is 536 Å². The molecular formula is C21H30O5S44. The predicted molar refractivity (Wildman–Crippen MR) is 419 cm³/mol. The minimum atomic E-state index is -1.54. The van der Waals surface area contributed by atoms with Crippen molar-refractivity contribution in [3.63, 3.8) is 0 Å². The number of hydrogen-bond donors (Lipinski definition) is 3. The highest BCUT2D eigenvalue weighted by molar-refractivity contribution is 8.81. The Kier molecular flexibility index (Phi) is 48.8. The van der Waals surface area contributed by atoms with E-state index in [4.69, 9.17) is 22.4 Å². The molecule has 408 valence electrons. The van der Waals surface area contributed by atoms with E-state index in [9.17, 15) is 24.9 Å². The Balaban J connectivity index is 0.000000416. The molecule has 0 radical (unpaired) electrons. The van der Waals surface area contributed by atoms with Gasteiger partial charge in [-0.15, -0.1) is 0 Å². The maximum Gasteiger partial charge on any atom is 0.190 e. The summed E-state index contributed by atoms with van der Waals surface area (Å²) in [6.07, 6.45) is 5.74. The van der Waals surface area contributed by atoms with E-state index in [1.54, 1.807) is 113 Å². The van der Waals surface area contributed by atoms with Gasteiger partial charge in [0.25, 0.3) is 0 Å². The van der Waals surface area contributed by atoms with E-state index in [2.05, 4.69) is 6.92 Å². The minimum Gasteiger partial charge on any atom is -0.393 e. The number of fused-ring (bicyclic) bond motifs is 5. The van der Waals surface area contributed by atoms with Gasteiger partial charge in [-0.05, 0) is 67.8 Å². The summed E-state index contributed by atoms with van der Waals surface area (Å²) in [5, 5.41) is 31.7. The van der Waals surface area contributed by atoms with Crippen molar-refractivity contribution >= 4 is 407 Å². The third-order valence-corrected chi connectivity index (χ3v) is 101. The van der Waals surface area contributed by atoms with Crippen LogP contribution in [0.25, 0.3) is 0 Å². The molecule has 0 spiro atoms. The summed E-state index contributed by atoms with van der Waals surface area (Å²) >= 11 is 9.61. The summed E-state index contributed by atoms with van der Waals surface area (Å²) in [5.74, 6) is 0.140. The fourth-order valence-electron chi connectivity index (χ4n) is 7.73. The van der Waals surface area contributed by atoms with Gasteiger partial charge in [-0.3, -0.25) is 9.59 Å². The average Bonchev–Trinajstić information content (AvgIpc) is 3.63. The van der Waals surface area contributed by atoms with Crippen molar-refractivity contribution in [2.24, 2.45) is 28.6 Å². The summed E-state index contributed by atoms with van der Waals surface area (Å²) in [4.78, 5) is 24.3. The topological polar surface area (TPSA) is 94.8 Å². The Morgan fingerprint density at radius 1 is 0.529 bits per heavy atom. The molecule has 0 aromatic rings.